The van der Waals surface area contributed by atoms with E-state index in [0.29, 0.717) is 17.6 Å². The summed E-state index contributed by atoms with van der Waals surface area (Å²) >= 11 is 0. The Morgan fingerprint density at radius 2 is 1.93 bits per heavy atom. The number of aliphatic hydroxyl groups excluding tert-OH is 1. The van der Waals surface area contributed by atoms with Gasteiger partial charge in [0.05, 0.1) is 6.10 Å². The van der Waals surface area contributed by atoms with Crippen molar-refractivity contribution in [2.45, 2.75) is 84.8 Å². The molecule has 150 valence electrons. The molecule has 0 bridgehead atoms. The van der Waals surface area contributed by atoms with Crippen molar-refractivity contribution in [3.63, 3.8) is 0 Å². The van der Waals surface area contributed by atoms with E-state index < -0.39 is 0 Å². The zero-order valence-electron chi connectivity index (χ0n) is 17.2. The Bertz CT molecular complexity index is 682. The van der Waals surface area contributed by atoms with Crippen LogP contribution in [0.4, 0.5) is 0 Å². The molecular formula is C23H34O4. The van der Waals surface area contributed by atoms with E-state index in [-0.39, 0.29) is 40.8 Å². The molecule has 0 aromatic rings. The van der Waals surface area contributed by atoms with Crippen molar-refractivity contribution in [2.75, 3.05) is 0 Å². The summed E-state index contributed by atoms with van der Waals surface area (Å²) in [7, 11) is 0. The summed E-state index contributed by atoms with van der Waals surface area (Å²) in [6.07, 6.45) is 8.51. The molecule has 0 aliphatic heterocycles. The lowest BCUT2D eigenvalue weighted by Crippen LogP contribution is -2.56. The standard InChI is InChI=1S/C23H34O4/c1-13(24)18-7-8-19-17-6-5-15-11-16(27-14(2)25)9-10-22(15,3)21(17)20(26)12-23(18,19)4/h5,16-21,26H,6-12H2,1-4H3/t16-,17-,18+,19-,20+,21+,22-,23+/m0/s1. The molecule has 0 unspecified atom stereocenters. The van der Waals surface area contributed by atoms with Crippen LogP contribution < -0.4 is 0 Å². The molecular weight excluding hydrogens is 340 g/mol. The molecule has 0 saturated heterocycles. The van der Waals surface area contributed by atoms with Crippen LogP contribution in [0, 0.1) is 34.5 Å². The molecule has 4 heteroatoms. The summed E-state index contributed by atoms with van der Waals surface area (Å²) in [5.74, 6) is 1.46. The highest BCUT2D eigenvalue weighted by atomic mass is 16.5. The van der Waals surface area contributed by atoms with Crippen LogP contribution in [0.5, 0.6) is 0 Å². The summed E-state index contributed by atoms with van der Waals surface area (Å²) in [5.41, 5.74) is 1.32. The van der Waals surface area contributed by atoms with Gasteiger partial charge in [-0.2, -0.15) is 0 Å². The quantitative estimate of drug-likeness (QED) is 0.585. The molecule has 27 heavy (non-hydrogen) atoms. The summed E-state index contributed by atoms with van der Waals surface area (Å²) in [4.78, 5) is 23.6. The van der Waals surface area contributed by atoms with Gasteiger partial charge in [0.1, 0.15) is 11.9 Å². The third-order valence-electron chi connectivity index (χ3n) is 8.81. The summed E-state index contributed by atoms with van der Waals surface area (Å²) in [5, 5.41) is 11.3. The maximum Gasteiger partial charge on any atom is 0.302 e. The van der Waals surface area contributed by atoms with Gasteiger partial charge in [-0.1, -0.05) is 25.5 Å². The third-order valence-corrected chi connectivity index (χ3v) is 8.81. The fourth-order valence-corrected chi connectivity index (χ4v) is 7.76. The van der Waals surface area contributed by atoms with E-state index in [4.69, 9.17) is 4.74 Å². The van der Waals surface area contributed by atoms with E-state index in [1.54, 1.807) is 6.92 Å². The van der Waals surface area contributed by atoms with Crippen molar-refractivity contribution < 1.29 is 19.4 Å². The molecule has 0 spiro atoms. The van der Waals surface area contributed by atoms with Crippen LogP contribution in [0.15, 0.2) is 11.6 Å². The van der Waals surface area contributed by atoms with Crippen LogP contribution in [-0.2, 0) is 14.3 Å². The highest BCUT2D eigenvalue weighted by molar-refractivity contribution is 5.79. The highest BCUT2D eigenvalue weighted by Gasteiger charge is 2.62. The molecule has 4 aliphatic rings. The van der Waals surface area contributed by atoms with Gasteiger partial charge in [0.25, 0.3) is 0 Å². The molecule has 1 N–H and O–H groups in total. The van der Waals surface area contributed by atoms with Gasteiger partial charge >= 0.3 is 5.97 Å². The van der Waals surface area contributed by atoms with Crippen molar-refractivity contribution >= 4 is 11.8 Å². The summed E-state index contributed by atoms with van der Waals surface area (Å²) in [6, 6.07) is 0. The average Bonchev–Trinajstić information content (AvgIpc) is 2.91. The van der Waals surface area contributed by atoms with Crippen LogP contribution in [0.2, 0.25) is 0 Å². The van der Waals surface area contributed by atoms with Gasteiger partial charge in [0, 0.05) is 19.3 Å². The maximum absolute atomic E-state index is 12.3. The number of carbonyl (C=O) groups is 2. The molecule has 8 atom stereocenters. The van der Waals surface area contributed by atoms with Crippen LogP contribution in [0.25, 0.3) is 0 Å². The van der Waals surface area contributed by atoms with E-state index in [1.165, 1.54) is 12.5 Å². The first-order valence-electron chi connectivity index (χ1n) is 10.7. The van der Waals surface area contributed by atoms with Crippen LogP contribution in [-0.4, -0.2) is 29.1 Å². The first-order valence-corrected chi connectivity index (χ1v) is 10.7. The van der Waals surface area contributed by atoms with Gasteiger partial charge in [-0.15, -0.1) is 0 Å². The Labute approximate surface area is 162 Å². The monoisotopic (exact) mass is 374 g/mol. The minimum absolute atomic E-state index is 0.00533. The van der Waals surface area contributed by atoms with E-state index >= 15 is 0 Å². The smallest absolute Gasteiger partial charge is 0.302 e. The topological polar surface area (TPSA) is 63.6 Å². The lowest BCUT2D eigenvalue weighted by atomic mass is 9.46. The predicted octanol–water partition coefficient (Wildman–Crippen LogP) is 4.06. The number of fused-ring (bicyclic) bond motifs is 5. The molecule has 3 fully saturated rings. The van der Waals surface area contributed by atoms with E-state index in [1.807, 2.05) is 0 Å². The zero-order valence-corrected chi connectivity index (χ0v) is 17.2. The first kappa shape index (κ1) is 19.2. The molecule has 0 radical (unpaired) electrons. The molecule has 0 aromatic carbocycles. The lowest BCUT2D eigenvalue weighted by molar-refractivity contribution is -0.153. The minimum atomic E-state index is -0.352. The van der Waals surface area contributed by atoms with E-state index in [2.05, 4.69) is 19.9 Å². The fourth-order valence-electron chi connectivity index (χ4n) is 7.76. The van der Waals surface area contributed by atoms with Crippen LogP contribution in [0.1, 0.15) is 72.6 Å². The maximum atomic E-state index is 12.3. The third kappa shape index (κ3) is 2.82. The normalized spacial score (nSPS) is 48.7. The average molecular weight is 375 g/mol. The molecule has 4 nitrogen and oxygen atoms in total. The van der Waals surface area contributed by atoms with Gasteiger partial charge < -0.3 is 9.84 Å². The number of hydrogen-bond donors (Lipinski definition) is 1. The van der Waals surface area contributed by atoms with Crippen LogP contribution >= 0.6 is 0 Å². The number of ketones is 1. The van der Waals surface area contributed by atoms with Crippen molar-refractivity contribution in [1.82, 2.24) is 0 Å². The SMILES string of the molecule is CC(=O)O[C@H]1CC[C@@]2(C)C(=CC[C@@H]3[C@@H]2[C@H](O)C[C@]2(C)[C@@H](C(C)=O)CC[C@@H]32)C1. The van der Waals surface area contributed by atoms with Crippen molar-refractivity contribution in [3.8, 4) is 0 Å². The summed E-state index contributed by atoms with van der Waals surface area (Å²) < 4.78 is 5.49. The Kier molecular flexibility index (Phi) is 4.57. The zero-order chi connectivity index (χ0) is 19.6. The van der Waals surface area contributed by atoms with Gasteiger partial charge in [-0.3, -0.25) is 9.59 Å². The Morgan fingerprint density at radius 3 is 2.59 bits per heavy atom. The predicted molar refractivity (Wildman–Crippen MR) is 103 cm³/mol. The molecule has 3 saturated carbocycles. The molecule has 0 amide bonds. The van der Waals surface area contributed by atoms with Gasteiger partial charge in [0.2, 0.25) is 0 Å². The molecule has 4 rings (SSSR count). The molecule has 4 aliphatic carbocycles. The number of aliphatic hydroxyl groups is 1. The van der Waals surface area contributed by atoms with Crippen molar-refractivity contribution in [3.05, 3.63) is 11.6 Å². The Morgan fingerprint density at radius 1 is 1.19 bits per heavy atom. The second-order valence-electron chi connectivity index (χ2n) is 10.2. The first-order chi connectivity index (χ1) is 12.7. The fraction of sp³-hybridized carbons (Fsp3) is 0.826. The number of carbonyl (C=O) groups excluding carboxylic acids is 2. The van der Waals surface area contributed by atoms with Gasteiger partial charge in [-0.05, 0) is 74.0 Å². The Balaban J connectivity index is 1.64. The summed E-state index contributed by atoms with van der Waals surface area (Å²) in [6.45, 7) is 7.79. The second kappa shape index (κ2) is 6.43. The number of hydrogen-bond acceptors (Lipinski definition) is 4. The molecule has 0 heterocycles. The highest BCUT2D eigenvalue weighted by Crippen LogP contribution is 2.66. The number of allylic oxidation sites excluding steroid dienone is 1. The van der Waals surface area contributed by atoms with E-state index in [0.717, 1.165) is 44.9 Å². The Hall–Kier alpha value is -1.16. The van der Waals surface area contributed by atoms with Crippen LogP contribution in [0.3, 0.4) is 0 Å². The van der Waals surface area contributed by atoms with Crippen molar-refractivity contribution in [2.24, 2.45) is 34.5 Å². The number of rotatable bonds is 2. The van der Waals surface area contributed by atoms with Gasteiger partial charge in [0.15, 0.2) is 0 Å². The second-order valence-corrected chi connectivity index (χ2v) is 10.2. The van der Waals surface area contributed by atoms with Gasteiger partial charge in [-0.25, -0.2) is 0 Å². The number of esters is 1. The number of ether oxygens (including phenoxy) is 1. The van der Waals surface area contributed by atoms with Crippen molar-refractivity contribution in [1.29, 1.82) is 0 Å². The minimum Gasteiger partial charge on any atom is -0.462 e. The van der Waals surface area contributed by atoms with E-state index in [9.17, 15) is 14.7 Å². The lowest BCUT2D eigenvalue weighted by Gasteiger charge is -2.59. The number of Topliss-reactive ketones (excluding diaryl/α,β-unsaturated/α-hetero) is 1. The largest absolute Gasteiger partial charge is 0.462 e. The molecule has 0 aromatic heterocycles.